The molecule has 0 radical (unpaired) electrons. The first-order chi connectivity index (χ1) is 7.09. The molecule has 4 fully saturated rings. The molecule has 0 aliphatic heterocycles. The van der Waals surface area contributed by atoms with E-state index in [4.69, 9.17) is 0 Å². The molecule has 4 aliphatic rings. The first kappa shape index (κ1) is 9.55. The van der Waals surface area contributed by atoms with Crippen LogP contribution in [0.4, 0.5) is 4.39 Å². The van der Waals surface area contributed by atoms with Crippen LogP contribution in [-0.4, -0.2) is 11.2 Å². The minimum atomic E-state index is -1.81. The number of hydrogen-bond acceptors (Lipinski definition) is 2. The maximum Gasteiger partial charge on any atom is 0.355 e. The predicted octanol–water partition coefficient (Wildman–Crippen LogP) is 2.78. The molecule has 0 aromatic rings. The van der Waals surface area contributed by atoms with Gasteiger partial charge >= 0.3 is 6.30 Å². The largest absolute Gasteiger partial charge is 0.355 e. The smallest absolute Gasteiger partial charge is 0.262 e. The van der Waals surface area contributed by atoms with E-state index in [-0.39, 0.29) is 0 Å². The lowest BCUT2D eigenvalue weighted by Crippen LogP contribution is -2.52. The molecule has 0 spiro atoms. The molecule has 4 rings (SSSR count). The average molecular weight is 213 g/mol. The van der Waals surface area contributed by atoms with Crippen molar-refractivity contribution in [2.45, 2.75) is 44.8 Å². The Kier molecular flexibility index (Phi) is 1.86. The molecule has 0 heterocycles. The quantitative estimate of drug-likeness (QED) is 0.402. The molecule has 0 saturated heterocycles. The van der Waals surface area contributed by atoms with Crippen LogP contribution in [0, 0.1) is 33.3 Å². The van der Waals surface area contributed by atoms with Gasteiger partial charge in [0.1, 0.15) is 0 Å². The van der Waals surface area contributed by atoms with Gasteiger partial charge in [-0.3, -0.25) is 10.1 Å². The zero-order valence-electron chi connectivity index (χ0n) is 8.69. The highest BCUT2D eigenvalue weighted by atomic mass is 19.1. The SMILES string of the molecule is O=[N+]([O-])C(F)C12CC3CC(CC(C3)C1)C2. The summed E-state index contributed by atoms with van der Waals surface area (Å²) in [6, 6.07) is 0. The van der Waals surface area contributed by atoms with Crippen molar-refractivity contribution in [1.82, 2.24) is 0 Å². The van der Waals surface area contributed by atoms with Crippen molar-refractivity contribution in [3.8, 4) is 0 Å². The fourth-order valence-corrected chi connectivity index (χ4v) is 4.69. The van der Waals surface area contributed by atoms with Crippen LogP contribution in [-0.2, 0) is 0 Å². The molecule has 0 amide bonds. The van der Waals surface area contributed by atoms with E-state index in [2.05, 4.69) is 0 Å². The van der Waals surface area contributed by atoms with Crippen molar-refractivity contribution >= 4 is 0 Å². The van der Waals surface area contributed by atoms with E-state index in [0.29, 0.717) is 17.8 Å². The topological polar surface area (TPSA) is 43.1 Å². The van der Waals surface area contributed by atoms with Gasteiger partial charge in [-0.25, -0.2) is 0 Å². The lowest BCUT2D eigenvalue weighted by Gasteiger charge is -2.55. The van der Waals surface area contributed by atoms with Crippen LogP contribution in [0.2, 0.25) is 0 Å². The third-order valence-corrected chi connectivity index (χ3v) is 4.78. The van der Waals surface area contributed by atoms with Crippen molar-refractivity contribution in [1.29, 1.82) is 0 Å². The summed E-state index contributed by atoms with van der Waals surface area (Å²) in [5.41, 5.74) is -0.585. The number of nitro groups is 1. The second-order valence-corrected chi connectivity index (χ2v) is 5.90. The second kappa shape index (κ2) is 2.92. The fraction of sp³-hybridized carbons (Fsp3) is 1.00. The number of nitrogens with zero attached hydrogens (tertiary/aromatic N) is 1. The molecular weight excluding hydrogens is 197 g/mol. The lowest BCUT2D eigenvalue weighted by atomic mass is 9.49. The number of rotatable bonds is 2. The van der Waals surface area contributed by atoms with Gasteiger partial charge in [0.2, 0.25) is 0 Å². The van der Waals surface area contributed by atoms with Gasteiger partial charge in [-0.1, -0.05) is 0 Å². The Morgan fingerprint density at radius 1 is 1.13 bits per heavy atom. The highest BCUT2D eigenvalue weighted by Gasteiger charge is 2.59. The third kappa shape index (κ3) is 1.30. The summed E-state index contributed by atoms with van der Waals surface area (Å²) in [5, 5.41) is 10.6. The summed E-state index contributed by atoms with van der Waals surface area (Å²) in [7, 11) is 0. The van der Waals surface area contributed by atoms with Crippen molar-refractivity contribution < 1.29 is 9.31 Å². The van der Waals surface area contributed by atoms with Gasteiger partial charge in [-0.05, 0) is 56.3 Å². The molecule has 84 valence electrons. The third-order valence-electron chi connectivity index (χ3n) is 4.78. The molecular formula is C11H16FNO2. The Morgan fingerprint density at radius 2 is 1.53 bits per heavy atom. The van der Waals surface area contributed by atoms with Gasteiger partial charge in [-0.2, -0.15) is 4.39 Å². The molecule has 1 unspecified atom stereocenters. The molecule has 4 heteroatoms. The molecule has 15 heavy (non-hydrogen) atoms. The zero-order chi connectivity index (χ0) is 10.6. The number of halogens is 1. The Balaban J connectivity index is 1.89. The molecule has 0 aromatic heterocycles. The van der Waals surface area contributed by atoms with E-state index in [1.54, 1.807) is 0 Å². The second-order valence-electron chi connectivity index (χ2n) is 5.90. The summed E-state index contributed by atoms with van der Waals surface area (Å²) in [6.07, 6.45) is 4.08. The number of alkyl halides is 1. The van der Waals surface area contributed by atoms with Crippen LogP contribution in [0.5, 0.6) is 0 Å². The van der Waals surface area contributed by atoms with Gasteiger partial charge in [-0.15, -0.1) is 0 Å². The van der Waals surface area contributed by atoms with Gasteiger partial charge in [0.05, 0.1) is 10.3 Å². The van der Waals surface area contributed by atoms with E-state index >= 15 is 0 Å². The average Bonchev–Trinajstić information content (AvgIpc) is 2.14. The monoisotopic (exact) mass is 213 g/mol. The summed E-state index contributed by atoms with van der Waals surface area (Å²) in [5.74, 6) is 1.73. The first-order valence-corrected chi connectivity index (χ1v) is 5.87. The minimum Gasteiger partial charge on any atom is -0.262 e. The number of hydrogen-bond donors (Lipinski definition) is 0. The Hall–Kier alpha value is -0.670. The molecule has 4 bridgehead atoms. The molecule has 0 N–H and O–H groups in total. The fourth-order valence-electron chi connectivity index (χ4n) is 4.69. The molecule has 3 nitrogen and oxygen atoms in total. The van der Waals surface area contributed by atoms with Gasteiger partial charge < -0.3 is 0 Å². The Morgan fingerprint density at radius 3 is 1.87 bits per heavy atom. The van der Waals surface area contributed by atoms with E-state index in [0.717, 1.165) is 19.3 Å². The predicted molar refractivity (Wildman–Crippen MR) is 52.5 cm³/mol. The van der Waals surface area contributed by atoms with Crippen LogP contribution in [0.1, 0.15) is 38.5 Å². The highest BCUT2D eigenvalue weighted by molar-refractivity contribution is 5.02. The Labute approximate surface area is 88.2 Å². The molecule has 4 aliphatic carbocycles. The normalized spacial score (nSPS) is 49.3. The van der Waals surface area contributed by atoms with Gasteiger partial charge in [0.25, 0.3) is 0 Å². The van der Waals surface area contributed by atoms with E-state index in [9.17, 15) is 14.5 Å². The van der Waals surface area contributed by atoms with E-state index in [1.807, 2.05) is 0 Å². The highest BCUT2D eigenvalue weighted by Crippen LogP contribution is 2.61. The maximum atomic E-state index is 13.8. The zero-order valence-corrected chi connectivity index (χ0v) is 8.69. The van der Waals surface area contributed by atoms with Crippen molar-refractivity contribution in [2.24, 2.45) is 23.2 Å². The van der Waals surface area contributed by atoms with Crippen LogP contribution >= 0.6 is 0 Å². The van der Waals surface area contributed by atoms with E-state index in [1.165, 1.54) is 19.3 Å². The summed E-state index contributed by atoms with van der Waals surface area (Å²) >= 11 is 0. The van der Waals surface area contributed by atoms with Crippen LogP contribution < -0.4 is 0 Å². The molecule has 1 atom stereocenters. The van der Waals surface area contributed by atoms with Crippen LogP contribution in [0.3, 0.4) is 0 Å². The summed E-state index contributed by atoms with van der Waals surface area (Å²) in [4.78, 5) is 9.94. The van der Waals surface area contributed by atoms with Crippen LogP contribution in [0.15, 0.2) is 0 Å². The standard InChI is InChI=1S/C11H16FNO2/c12-10(13(14)15)11-4-7-1-8(5-11)3-9(2-7)6-11/h7-10H,1-6H2. The molecule has 0 aromatic carbocycles. The lowest BCUT2D eigenvalue weighted by molar-refractivity contribution is -0.580. The van der Waals surface area contributed by atoms with E-state index < -0.39 is 16.6 Å². The first-order valence-electron chi connectivity index (χ1n) is 5.87. The van der Waals surface area contributed by atoms with Crippen molar-refractivity contribution in [3.05, 3.63) is 10.1 Å². The van der Waals surface area contributed by atoms with Crippen LogP contribution in [0.25, 0.3) is 0 Å². The van der Waals surface area contributed by atoms with Crippen molar-refractivity contribution in [2.75, 3.05) is 0 Å². The van der Waals surface area contributed by atoms with Gasteiger partial charge in [0.15, 0.2) is 0 Å². The van der Waals surface area contributed by atoms with Gasteiger partial charge in [0, 0.05) is 0 Å². The Bertz CT molecular complexity index is 270. The van der Waals surface area contributed by atoms with Crippen molar-refractivity contribution in [3.63, 3.8) is 0 Å². The summed E-state index contributed by atoms with van der Waals surface area (Å²) < 4.78 is 13.8. The minimum absolute atomic E-state index is 0.578. The molecule has 4 saturated carbocycles. The maximum absolute atomic E-state index is 13.8. The summed E-state index contributed by atoms with van der Waals surface area (Å²) in [6.45, 7) is 0.